The number of carbonyl (C=O) groups excluding carboxylic acids is 1. The van der Waals surface area contributed by atoms with Crippen molar-refractivity contribution in [1.29, 1.82) is 0 Å². The summed E-state index contributed by atoms with van der Waals surface area (Å²) in [6.07, 6.45) is 0. The second-order valence-electron chi connectivity index (χ2n) is 6.40. The Labute approximate surface area is 140 Å². The van der Waals surface area contributed by atoms with Gasteiger partial charge in [0.1, 0.15) is 11.5 Å². The highest BCUT2D eigenvalue weighted by Gasteiger charge is 2.18. The zero-order chi connectivity index (χ0) is 17.6. The Morgan fingerprint density at radius 2 is 1.57 bits per heavy atom. The van der Waals surface area contributed by atoms with E-state index in [1.54, 1.807) is 26.4 Å². The van der Waals surface area contributed by atoms with Crippen LogP contribution < -0.4 is 19.7 Å². The minimum atomic E-state index is -0.103. The molecule has 0 radical (unpaired) electrons. The smallest absolute Gasteiger partial charge is 0.251 e. The molecule has 0 heterocycles. The first-order valence-corrected chi connectivity index (χ1v) is 8.18. The van der Waals surface area contributed by atoms with Gasteiger partial charge in [0.05, 0.1) is 39.4 Å². The van der Waals surface area contributed by atoms with E-state index in [-0.39, 0.29) is 5.91 Å². The summed E-state index contributed by atoms with van der Waals surface area (Å²) in [6, 6.07) is 4.57. The van der Waals surface area contributed by atoms with Gasteiger partial charge in [0.15, 0.2) is 0 Å². The van der Waals surface area contributed by atoms with Crippen molar-refractivity contribution < 1.29 is 19.2 Å². The number of benzene rings is 1. The fourth-order valence-corrected chi connectivity index (χ4v) is 2.88. The Balaban J connectivity index is 2.75. The molecule has 0 saturated heterocycles. The van der Waals surface area contributed by atoms with Gasteiger partial charge in [-0.15, -0.1) is 0 Å². The Morgan fingerprint density at radius 3 is 1.96 bits per heavy atom. The standard InChI is InChI=1S/C18H30N2O3/c1-12(2)20(13(3)4)9-8-19-18(21)15-10-16(22-6)14(5)17(11-15)23-7/h10-13H,8-9H2,1-7H3,(H,19,21)/p+1. The SMILES string of the molecule is COc1cc(C(=O)NCC[NH+](C(C)C)C(C)C)cc(OC)c1C. The summed E-state index contributed by atoms with van der Waals surface area (Å²) in [6.45, 7) is 12.3. The molecule has 0 atom stereocenters. The van der Waals surface area contributed by atoms with Gasteiger partial charge in [-0.1, -0.05) is 0 Å². The number of hydrogen-bond acceptors (Lipinski definition) is 3. The van der Waals surface area contributed by atoms with Gasteiger partial charge in [-0.05, 0) is 46.8 Å². The second-order valence-corrected chi connectivity index (χ2v) is 6.40. The average molecular weight is 323 g/mol. The predicted octanol–water partition coefficient (Wildman–Crippen LogP) is 1.44. The van der Waals surface area contributed by atoms with E-state index in [1.165, 1.54) is 4.90 Å². The molecule has 0 unspecified atom stereocenters. The predicted molar refractivity (Wildman–Crippen MR) is 92.7 cm³/mol. The van der Waals surface area contributed by atoms with Gasteiger partial charge in [0, 0.05) is 11.1 Å². The van der Waals surface area contributed by atoms with Crippen molar-refractivity contribution in [2.45, 2.75) is 46.7 Å². The fourth-order valence-electron chi connectivity index (χ4n) is 2.88. The molecule has 1 aromatic rings. The van der Waals surface area contributed by atoms with Crippen LogP contribution in [0.25, 0.3) is 0 Å². The lowest BCUT2D eigenvalue weighted by Crippen LogP contribution is -3.18. The third kappa shape index (κ3) is 5.13. The number of ether oxygens (including phenoxy) is 2. The Hall–Kier alpha value is -1.75. The van der Waals surface area contributed by atoms with Crippen LogP contribution in [-0.2, 0) is 0 Å². The lowest BCUT2D eigenvalue weighted by Gasteiger charge is -2.27. The molecule has 0 saturated carbocycles. The maximum atomic E-state index is 12.4. The van der Waals surface area contributed by atoms with Crippen LogP contribution in [0.5, 0.6) is 11.5 Å². The fraction of sp³-hybridized carbons (Fsp3) is 0.611. The first-order chi connectivity index (χ1) is 10.8. The van der Waals surface area contributed by atoms with Gasteiger partial charge < -0.3 is 19.7 Å². The van der Waals surface area contributed by atoms with Crippen molar-refractivity contribution in [3.05, 3.63) is 23.3 Å². The highest BCUT2D eigenvalue weighted by atomic mass is 16.5. The van der Waals surface area contributed by atoms with E-state index >= 15 is 0 Å². The zero-order valence-electron chi connectivity index (χ0n) is 15.4. The van der Waals surface area contributed by atoms with E-state index in [0.29, 0.717) is 35.7 Å². The number of rotatable bonds is 8. The van der Waals surface area contributed by atoms with Gasteiger partial charge in [-0.25, -0.2) is 0 Å². The molecule has 2 N–H and O–H groups in total. The monoisotopic (exact) mass is 323 g/mol. The van der Waals surface area contributed by atoms with Crippen molar-refractivity contribution in [1.82, 2.24) is 5.32 Å². The lowest BCUT2D eigenvalue weighted by atomic mass is 10.1. The summed E-state index contributed by atoms with van der Waals surface area (Å²) in [5, 5.41) is 2.99. The van der Waals surface area contributed by atoms with Crippen molar-refractivity contribution >= 4 is 5.91 Å². The van der Waals surface area contributed by atoms with E-state index in [4.69, 9.17) is 9.47 Å². The number of quaternary nitrogens is 1. The molecule has 130 valence electrons. The normalized spacial score (nSPS) is 11.2. The third-order valence-corrected chi connectivity index (χ3v) is 4.20. The quantitative estimate of drug-likeness (QED) is 0.761. The van der Waals surface area contributed by atoms with Gasteiger partial charge in [-0.3, -0.25) is 4.79 Å². The molecule has 0 aromatic heterocycles. The van der Waals surface area contributed by atoms with Crippen LogP contribution >= 0.6 is 0 Å². The maximum absolute atomic E-state index is 12.4. The summed E-state index contributed by atoms with van der Waals surface area (Å²) in [5.74, 6) is 1.21. The molecule has 0 spiro atoms. The second kappa shape index (κ2) is 8.77. The molecule has 0 fully saturated rings. The van der Waals surface area contributed by atoms with E-state index in [0.717, 1.165) is 12.1 Å². The Bertz CT molecular complexity index is 494. The van der Waals surface area contributed by atoms with E-state index in [1.807, 2.05) is 6.92 Å². The molecule has 5 heteroatoms. The summed E-state index contributed by atoms with van der Waals surface area (Å²) in [5.41, 5.74) is 1.45. The van der Waals surface area contributed by atoms with Gasteiger partial charge in [-0.2, -0.15) is 0 Å². The third-order valence-electron chi connectivity index (χ3n) is 4.20. The lowest BCUT2D eigenvalue weighted by molar-refractivity contribution is -0.941. The van der Waals surface area contributed by atoms with Gasteiger partial charge >= 0.3 is 0 Å². The van der Waals surface area contributed by atoms with Gasteiger partial charge in [0.2, 0.25) is 0 Å². The molecule has 0 aliphatic rings. The number of amides is 1. The maximum Gasteiger partial charge on any atom is 0.251 e. The molecular formula is C18H31N2O3+. The number of methoxy groups -OCH3 is 2. The summed E-state index contributed by atoms with van der Waals surface area (Å²) >= 11 is 0. The van der Waals surface area contributed by atoms with E-state index in [9.17, 15) is 4.79 Å². The van der Waals surface area contributed by atoms with E-state index in [2.05, 4.69) is 33.0 Å². The summed E-state index contributed by atoms with van der Waals surface area (Å²) < 4.78 is 10.6. The molecular weight excluding hydrogens is 292 g/mol. The molecule has 1 rings (SSSR count). The highest BCUT2D eigenvalue weighted by Crippen LogP contribution is 2.29. The molecule has 1 aromatic carbocycles. The Morgan fingerprint density at radius 1 is 1.09 bits per heavy atom. The van der Waals surface area contributed by atoms with E-state index < -0.39 is 0 Å². The first kappa shape index (κ1) is 19.3. The average Bonchev–Trinajstić information content (AvgIpc) is 2.50. The summed E-state index contributed by atoms with van der Waals surface area (Å²) in [4.78, 5) is 13.9. The van der Waals surface area contributed by atoms with Crippen LogP contribution in [0.2, 0.25) is 0 Å². The van der Waals surface area contributed by atoms with Crippen LogP contribution in [0.4, 0.5) is 0 Å². The molecule has 0 bridgehead atoms. The van der Waals surface area contributed by atoms with Crippen LogP contribution in [0.3, 0.4) is 0 Å². The number of nitrogens with one attached hydrogen (secondary N) is 2. The number of hydrogen-bond donors (Lipinski definition) is 2. The molecule has 0 aliphatic carbocycles. The molecule has 0 aliphatic heterocycles. The van der Waals surface area contributed by atoms with Crippen LogP contribution in [0, 0.1) is 6.92 Å². The van der Waals surface area contributed by atoms with Crippen LogP contribution in [0.15, 0.2) is 12.1 Å². The van der Waals surface area contributed by atoms with Crippen molar-refractivity contribution in [2.24, 2.45) is 0 Å². The van der Waals surface area contributed by atoms with Crippen molar-refractivity contribution in [3.63, 3.8) is 0 Å². The minimum Gasteiger partial charge on any atom is -0.496 e. The van der Waals surface area contributed by atoms with Crippen LogP contribution in [0.1, 0.15) is 43.6 Å². The minimum absolute atomic E-state index is 0.103. The van der Waals surface area contributed by atoms with Crippen molar-refractivity contribution in [2.75, 3.05) is 27.3 Å². The topological polar surface area (TPSA) is 52.0 Å². The largest absolute Gasteiger partial charge is 0.496 e. The number of carbonyl (C=O) groups is 1. The zero-order valence-corrected chi connectivity index (χ0v) is 15.4. The highest BCUT2D eigenvalue weighted by molar-refractivity contribution is 5.95. The van der Waals surface area contributed by atoms with Gasteiger partial charge in [0.25, 0.3) is 5.91 Å². The van der Waals surface area contributed by atoms with Crippen molar-refractivity contribution in [3.8, 4) is 11.5 Å². The Kier molecular flexibility index (Phi) is 7.36. The molecule has 1 amide bonds. The molecule has 23 heavy (non-hydrogen) atoms. The molecule has 5 nitrogen and oxygen atoms in total. The van der Waals surface area contributed by atoms with Crippen LogP contribution in [-0.4, -0.2) is 45.3 Å². The summed E-state index contributed by atoms with van der Waals surface area (Å²) in [7, 11) is 3.19. The first-order valence-electron chi connectivity index (χ1n) is 8.18.